The van der Waals surface area contributed by atoms with Gasteiger partial charge in [0.1, 0.15) is 17.6 Å². The van der Waals surface area contributed by atoms with Gasteiger partial charge in [0.05, 0.1) is 24.9 Å². The topological polar surface area (TPSA) is 108 Å². The molecule has 0 amide bonds. The highest BCUT2D eigenvalue weighted by atomic mass is 16.6. The van der Waals surface area contributed by atoms with E-state index in [1.54, 1.807) is 6.92 Å². The Kier molecular flexibility index (Phi) is 31.4. The van der Waals surface area contributed by atoms with E-state index >= 15 is 0 Å². The van der Waals surface area contributed by atoms with Crippen molar-refractivity contribution in [2.75, 3.05) is 26.3 Å². The number of hydrogen-bond donors (Lipinski definition) is 0. The molecular formula is C42H83NO8. The van der Waals surface area contributed by atoms with Crippen molar-refractivity contribution in [3.05, 3.63) is 34.5 Å². The summed E-state index contributed by atoms with van der Waals surface area (Å²) in [5, 5.41) is 0. The summed E-state index contributed by atoms with van der Waals surface area (Å²) in [4.78, 5) is 34.4. The molecule has 4 saturated heterocycles. The molecule has 5 heterocycles. The van der Waals surface area contributed by atoms with Crippen molar-refractivity contribution in [2.45, 2.75) is 169 Å². The second-order valence-electron chi connectivity index (χ2n) is 14.9. The molecule has 9 heteroatoms. The second kappa shape index (κ2) is 29.0. The zero-order valence-electron chi connectivity index (χ0n) is 31.5. The minimum absolute atomic E-state index is 0. The van der Waals surface area contributed by atoms with Crippen LogP contribution in [0.4, 0.5) is 0 Å². The van der Waals surface area contributed by atoms with Gasteiger partial charge in [0.15, 0.2) is 0 Å². The monoisotopic (exact) mass is 730 g/mol. The van der Waals surface area contributed by atoms with Gasteiger partial charge in [0.2, 0.25) is 0 Å². The van der Waals surface area contributed by atoms with Crippen LogP contribution in [-0.4, -0.2) is 55.3 Å². The Hall–Kier alpha value is -2.55. The number of aryl methyl sites for hydroxylation is 1. The number of esters is 2. The third-order valence-electron chi connectivity index (χ3n) is 8.92. The van der Waals surface area contributed by atoms with E-state index in [9.17, 15) is 14.4 Å². The first-order valence-corrected chi connectivity index (χ1v) is 18.0. The Morgan fingerprint density at radius 3 is 1.61 bits per heavy atom. The molecule has 5 rings (SSSR count). The summed E-state index contributed by atoms with van der Waals surface area (Å²) in [6, 6.07) is 0.769. The van der Waals surface area contributed by atoms with Crippen LogP contribution in [0.1, 0.15) is 155 Å². The van der Waals surface area contributed by atoms with Gasteiger partial charge in [-0.05, 0) is 83.2 Å². The van der Waals surface area contributed by atoms with Crippen LogP contribution in [0, 0.1) is 42.4 Å². The lowest BCUT2D eigenvalue weighted by molar-refractivity contribution is -0.143. The maximum atomic E-state index is 10.8. The third-order valence-corrected chi connectivity index (χ3v) is 8.92. The van der Waals surface area contributed by atoms with Crippen molar-refractivity contribution in [3.63, 3.8) is 0 Å². The molecule has 9 nitrogen and oxygen atoms in total. The number of piperidine rings is 1. The minimum atomic E-state index is -0.599. The molecule has 3 unspecified atom stereocenters. The molecule has 304 valence electrons. The Morgan fingerprint density at radius 2 is 1.35 bits per heavy atom. The molecule has 3 atom stereocenters. The fourth-order valence-corrected chi connectivity index (χ4v) is 5.56. The quantitative estimate of drug-likeness (QED) is 0.264. The highest BCUT2D eigenvalue weighted by Gasteiger charge is 2.29. The van der Waals surface area contributed by atoms with Crippen LogP contribution in [0.2, 0.25) is 0 Å². The van der Waals surface area contributed by atoms with E-state index in [0.717, 1.165) is 55.9 Å². The van der Waals surface area contributed by atoms with Crippen LogP contribution in [-0.2, 0) is 30.2 Å². The Bertz CT molecular complexity index is 1060. The average molecular weight is 730 g/mol. The van der Waals surface area contributed by atoms with Gasteiger partial charge in [-0.2, -0.15) is 0 Å². The van der Waals surface area contributed by atoms with E-state index in [2.05, 4.69) is 80.7 Å². The summed E-state index contributed by atoms with van der Waals surface area (Å²) in [6.07, 6.45) is 8.74. The predicted molar refractivity (Wildman–Crippen MR) is 214 cm³/mol. The van der Waals surface area contributed by atoms with Gasteiger partial charge in [-0.25, -0.2) is 4.79 Å². The number of hydrogen-bond acceptors (Lipinski definition) is 9. The summed E-state index contributed by atoms with van der Waals surface area (Å²) < 4.78 is 24.5. The summed E-state index contributed by atoms with van der Waals surface area (Å²) >= 11 is 0. The molecule has 1 aromatic heterocycles. The number of likely N-dealkylation sites (tertiary alicyclic amines) is 1. The smallest absolute Gasteiger partial charge is 0.498 e. The van der Waals surface area contributed by atoms with Crippen LogP contribution in [0.3, 0.4) is 0 Å². The Labute approximate surface area is 314 Å². The highest BCUT2D eigenvalue weighted by Crippen LogP contribution is 2.27. The highest BCUT2D eigenvalue weighted by molar-refractivity contribution is 5.74. The van der Waals surface area contributed by atoms with Crippen molar-refractivity contribution in [2.24, 2.45) is 35.5 Å². The largest absolute Gasteiger partial charge is 0.519 e. The summed E-state index contributed by atoms with van der Waals surface area (Å²) in [6.45, 7) is 31.1. The summed E-state index contributed by atoms with van der Waals surface area (Å²) in [5.74, 6) is 4.64. The van der Waals surface area contributed by atoms with E-state index in [-0.39, 0.29) is 53.7 Å². The van der Waals surface area contributed by atoms with Crippen molar-refractivity contribution in [1.29, 1.82) is 0 Å². The van der Waals surface area contributed by atoms with E-state index in [0.29, 0.717) is 42.3 Å². The number of ether oxygens (including phenoxy) is 3. The molecule has 51 heavy (non-hydrogen) atoms. The maximum Gasteiger partial charge on any atom is 0.519 e. The second-order valence-corrected chi connectivity index (χ2v) is 14.9. The SMILES string of the molecule is C.C.C.C.C=C1CC(C(C)C)CO1.CC(C)C1CCC(=O)O1.CC(C)C1CCOC1=O.CC(C)N1CCCCC1.Cc1oc(=O)oc1CC(C)C. The standard InChI is InChI=1S/C8H17N.C8H12O3.C8H14O.2C7H12O2.4CH4/c1-8(2)9-6-4-3-5-7-9;1-5(2)4-7-6(3)10-8(9)11-7;1-6(2)8-4-7(3)9-5-8;1-5(2)6-3-4-9-7(6)8;1-5(2)6-3-4-7(8)9-6;;;;/h8H,3-7H2,1-2H3;5H,4H2,1-3H3;6,8H,3-5H2,1-2H3;2*5-6H,3-4H2,1-2H3;4*1H4. The van der Waals surface area contributed by atoms with Crippen molar-refractivity contribution >= 4 is 11.9 Å². The average Bonchev–Trinajstić information content (AvgIpc) is 3.79. The first-order valence-electron chi connectivity index (χ1n) is 18.0. The van der Waals surface area contributed by atoms with Crippen molar-refractivity contribution in [3.8, 4) is 0 Å². The lowest BCUT2D eigenvalue weighted by Gasteiger charge is -2.29. The zero-order chi connectivity index (χ0) is 35.7. The molecule has 4 aliphatic heterocycles. The molecule has 0 saturated carbocycles. The van der Waals surface area contributed by atoms with Crippen LogP contribution >= 0.6 is 0 Å². The van der Waals surface area contributed by atoms with Crippen molar-refractivity contribution < 1.29 is 32.6 Å². The summed E-state index contributed by atoms with van der Waals surface area (Å²) in [5.41, 5.74) is 0. The molecular weight excluding hydrogens is 646 g/mol. The van der Waals surface area contributed by atoms with Crippen LogP contribution in [0.15, 0.2) is 26.0 Å². The van der Waals surface area contributed by atoms with Crippen LogP contribution < -0.4 is 5.82 Å². The number of nitrogens with zero attached hydrogens (tertiary/aromatic N) is 1. The van der Waals surface area contributed by atoms with Gasteiger partial charge in [0.25, 0.3) is 0 Å². The maximum absolute atomic E-state index is 10.8. The van der Waals surface area contributed by atoms with E-state index in [4.69, 9.17) is 23.0 Å². The molecule has 0 N–H and O–H groups in total. The first-order chi connectivity index (χ1) is 22.0. The molecule has 0 aliphatic carbocycles. The summed E-state index contributed by atoms with van der Waals surface area (Å²) in [7, 11) is 0. The first kappa shape index (κ1) is 55.2. The fourth-order valence-electron chi connectivity index (χ4n) is 5.56. The van der Waals surface area contributed by atoms with Crippen molar-refractivity contribution in [1.82, 2.24) is 4.90 Å². The van der Waals surface area contributed by atoms with Gasteiger partial charge in [-0.3, -0.25) is 9.59 Å². The number of carbonyl (C=O) groups is 2. The van der Waals surface area contributed by atoms with Gasteiger partial charge in [-0.1, -0.05) is 98.1 Å². The number of allylic oxidation sites excluding steroid dienone is 1. The van der Waals surface area contributed by atoms with Gasteiger partial charge >= 0.3 is 17.8 Å². The van der Waals surface area contributed by atoms with Crippen LogP contribution in [0.5, 0.6) is 0 Å². The van der Waals surface area contributed by atoms with Crippen LogP contribution in [0.25, 0.3) is 0 Å². The van der Waals surface area contributed by atoms with Gasteiger partial charge in [0, 0.05) is 31.2 Å². The number of cyclic esters (lactones) is 2. The molecule has 0 aromatic carbocycles. The molecule has 4 aliphatic rings. The zero-order valence-corrected chi connectivity index (χ0v) is 31.5. The number of carbonyl (C=O) groups excluding carboxylic acids is 2. The normalized spacial score (nSPS) is 20.7. The Balaban J connectivity index is -0.000000266. The Morgan fingerprint density at radius 1 is 0.765 bits per heavy atom. The molecule has 0 spiro atoms. The molecule has 0 bridgehead atoms. The molecule has 0 radical (unpaired) electrons. The fraction of sp³-hybridized carbons (Fsp3) is 0.833. The van der Waals surface area contributed by atoms with E-state index in [1.807, 2.05) is 0 Å². The predicted octanol–water partition coefficient (Wildman–Crippen LogP) is 10.9. The minimum Gasteiger partial charge on any atom is -0.498 e. The molecule has 1 aromatic rings. The lowest BCUT2D eigenvalue weighted by atomic mass is 9.95. The van der Waals surface area contributed by atoms with Gasteiger partial charge in [-0.15, -0.1) is 0 Å². The molecule has 4 fully saturated rings. The third kappa shape index (κ3) is 22.9. The number of rotatable bonds is 6. The van der Waals surface area contributed by atoms with E-state index in [1.165, 1.54) is 32.4 Å². The van der Waals surface area contributed by atoms with E-state index < -0.39 is 5.82 Å². The van der Waals surface area contributed by atoms with Gasteiger partial charge < -0.3 is 27.9 Å². The lowest BCUT2D eigenvalue weighted by Crippen LogP contribution is -2.35.